The van der Waals surface area contributed by atoms with Crippen molar-refractivity contribution in [2.24, 2.45) is 0 Å². The summed E-state index contributed by atoms with van der Waals surface area (Å²) < 4.78 is 11.1. The third-order valence-electron chi connectivity index (χ3n) is 8.30. The van der Waals surface area contributed by atoms with Crippen LogP contribution in [-0.4, -0.2) is 74.2 Å². The third kappa shape index (κ3) is 7.63. The number of hydrogen-bond acceptors (Lipinski definition) is 6. The number of nitrogens with zero attached hydrogens (tertiary/aromatic N) is 3. The minimum atomic E-state index is -0.592. The Labute approximate surface area is 260 Å². The Balaban J connectivity index is 1.16. The largest absolute Gasteiger partial charge is 0.444 e. The molecule has 1 unspecified atom stereocenters. The summed E-state index contributed by atoms with van der Waals surface area (Å²) in [7, 11) is 0. The third-order valence-corrected chi connectivity index (χ3v) is 8.30. The van der Waals surface area contributed by atoms with Crippen molar-refractivity contribution < 1.29 is 23.9 Å². The van der Waals surface area contributed by atoms with Crippen LogP contribution >= 0.6 is 0 Å². The summed E-state index contributed by atoms with van der Waals surface area (Å²) in [5.41, 5.74) is 3.24. The van der Waals surface area contributed by atoms with E-state index in [4.69, 9.17) is 9.47 Å². The molecule has 44 heavy (non-hydrogen) atoms. The number of H-pyrrole nitrogens is 1. The minimum Gasteiger partial charge on any atom is -0.444 e. The van der Waals surface area contributed by atoms with Crippen LogP contribution in [0.3, 0.4) is 0 Å². The number of likely N-dealkylation sites (tertiary alicyclic amines) is 2. The second-order valence-electron chi connectivity index (χ2n) is 14.1. The molecule has 10 heteroatoms. The SMILES string of the molecule is CC(C)(C)OC(=O)N1CCC[C@H]1C(=O)NC1CC=C(c2ccc(-c3cnc([C@@H]4CCCN4C(=O)OC(C)(C)C)[nH]3)cc2)CC1. The van der Waals surface area contributed by atoms with E-state index < -0.39 is 23.3 Å². The Morgan fingerprint density at radius 3 is 2.11 bits per heavy atom. The molecule has 0 spiro atoms. The highest BCUT2D eigenvalue weighted by atomic mass is 16.6. The Bertz CT molecular complexity index is 1380. The number of carbonyl (C=O) groups excluding carboxylic acids is 3. The zero-order valence-corrected chi connectivity index (χ0v) is 26.9. The molecular formula is C34H47N5O5. The van der Waals surface area contributed by atoms with Crippen molar-refractivity contribution in [2.75, 3.05) is 13.1 Å². The quantitative estimate of drug-likeness (QED) is 0.397. The summed E-state index contributed by atoms with van der Waals surface area (Å²) in [5.74, 6) is 0.688. The molecule has 2 aliphatic heterocycles. The van der Waals surface area contributed by atoms with Crippen molar-refractivity contribution in [3.05, 3.63) is 47.9 Å². The molecule has 3 atom stereocenters. The lowest BCUT2D eigenvalue weighted by Gasteiger charge is -2.30. The maximum atomic E-state index is 13.1. The van der Waals surface area contributed by atoms with Crippen LogP contribution < -0.4 is 5.32 Å². The van der Waals surface area contributed by atoms with Gasteiger partial charge < -0.3 is 19.8 Å². The van der Waals surface area contributed by atoms with E-state index in [9.17, 15) is 14.4 Å². The summed E-state index contributed by atoms with van der Waals surface area (Å²) in [5, 5.41) is 3.18. The molecule has 2 fully saturated rings. The van der Waals surface area contributed by atoms with Crippen LogP contribution in [0, 0.1) is 0 Å². The molecule has 0 bridgehead atoms. The van der Waals surface area contributed by atoms with E-state index in [1.165, 1.54) is 5.57 Å². The highest BCUT2D eigenvalue weighted by molar-refractivity contribution is 5.86. The summed E-state index contributed by atoms with van der Waals surface area (Å²) in [6, 6.07) is 7.89. The van der Waals surface area contributed by atoms with E-state index in [0.717, 1.165) is 61.2 Å². The molecule has 1 aromatic carbocycles. The molecule has 3 amide bonds. The Hall–Kier alpha value is -3.82. The molecule has 2 N–H and O–H groups in total. The van der Waals surface area contributed by atoms with Gasteiger partial charge in [-0.25, -0.2) is 14.6 Å². The fourth-order valence-corrected chi connectivity index (χ4v) is 6.21. The maximum Gasteiger partial charge on any atom is 0.410 e. The van der Waals surface area contributed by atoms with Gasteiger partial charge >= 0.3 is 12.2 Å². The van der Waals surface area contributed by atoms with Crippen LogP contribution in [0.2, 0.25) is 0 Å². The first-order valence-corrected chi connectivity index (χ1v) is 15.9. The number of hydrogen-bond donors (Lipinski definition) is 2. The van der Waals surface area contributed by atoms with Crippen LogP contribution in [-0.2, 0) is 14.3 Å². The van der Waals surface area contributed by atoms with Crippen molar-refractivity contribution in [2.45, 2.75) is 116 Å². The van der Waals surface area contributed by atoms with Crippen LogP contribution in [0.15, 0.2) is 36.5 Å². The van der Waals surface area contributed by atoms with E-state index in [-0.39, 0.29) is 24.1 Å². The highest BCUT2D eigenvalue weighted by Crippen LogP contribution is 2.34. The first kappa shape index (κ1) is 31.6. The predicted octanol–water partition coefficient (Wildman–Crippen LogP) is 6.60. The summed E-state index contributed by atoms with van der Waals surface area (Å²) in [6.45, 7) is 12.3. The second-order valence-corrected chi connectivity index (χ2v) is 14.1. The zero-order valence-electron chi connectivity index (χ0n) is 26.9. The number of nitrogens with one attached hydrogen (secondary N) is 2. The molecule has 0 radical (unpaired) electrons. The van der Waals surface area contributed by atoms with Crippen molar-refractivity contribution in [1.82, 2.24) is 25.1 Å². The molecule has 3 aliphatic rings. The van der Waals surface area contributed by atoms with Gasteiger partial charge in [-0.2, -0.15) is 0 Å². The van der Waals surface area contributed by atoms with Gasteiger partial charge in [-0.05, 0) is 103 Å². The normalized spacial score (nSPS) is 22.5. The molecule has 3 heterocycles. The smallest absolute Gasteiger partial charge is 0.410 e. The van der Waals surface area contributed by atoms with E-state index >= 15 is 0 Å². The fraction of sp³-hybridized carbons (Fsp3) is 0.588. The first-order valence-electron chi connectivity index (χ1n) is 15.9. The molecule has 238 valence electrons. The summed E-state index contributed by atoms with van der Waals surface area (Å²) in [4.78, 5) is 49.9. The lowest BCUT2D eigenvalue weighted by Crippen LogP contribution is -2.50. The molecule has 1 aliphatic carbocycles. The molecule has 1 aromatic heterocycles. The number of benzene rings is 1. The average molecular weight is 606 g/mol. The first-order chi connectivity index (χ1) is 20.8. The van der Waals surface area contributed by atoms with Gasteiger partial charge in [0.2, 0.25) is 5.91 Å². The van der Waals surface area contributed by atoms with Gasteiger partial charge in [0.15, 0.2) is 0 Å². The molecule has 5 rings (SSSR count). The summed E-state index contributed by atoms with van der Waals surface area (Å²) in [6.07, 6.45) is 9.01. The van der Waals surface area contributed by atoms with E-state index in [1.807, 2.05) is 47.7 Å². The average Bonchev–Trinajstić information content (AvgIpc) is 3.72. The lowest BCUT2D eigenvalue weighted by atomic mass is 9.90. The number of aromatic amines is 1. The topological polar surface area (TPSA) is 117 Å². The fourth-order valence-electron chi connectivity index (χ4n) is 6.21. The molecule has 2 aromatic rings. The van der Waals surface area contributed by atoms with Crippen molar-refractivity contribution in [1.29, 1.82) is 0 Å². The molecule has 0 saturated carbocycles. The van der Waals surface area contributed by atoms with Gasteiger partial charge in [-0.15, -0.1) is 0 Å². The predicted molar refractivity (Wildman–Crippen MR) is 169 cm³/mol. The Morgan fingerprint density at radius 1 is 0.864 bits per heavy atom. The van der Waals surface area contributed by atoms with Crippen molar-refractivity contribution in [3.63, 3.8) is 0 Å². The van der Waals surface area contributed by atoms with E-state index in [2.05, 4.69) is 45.6 Å². The van der Waals surface area contributed by atoms with E-state index in [0.29, 0.717) is 19.5 Å². The van der Waals surface area contributed by atoms with Gasteiger partial charge in [-0.3, -0.25) is 14.6 Å². The monoisotopic (exact) mass is 605 g/mol. The summed E-state index contributed by atoms with van der Waals surface area (Å²) >= 11 is 0. The van der Waals surface area contributed by atoms with Gasteiger partial charge in [0.25, 0.3) is 0 Å². The lowest BCUT2D eigenvalue weighted by molar-refractivity contribution is -0.126. The zero-order chi connectivity index (χ0) is 31.6. The Morgan fingerprint density at radius 2 is 1.48 bits per heavy atom. The van der Waals surface area contributed by atoms with Gasteiger partial charge in [-0.1, -0.05) is 30.3 Å². The van der Waals surface area contributed by atoms with Crippen molar-refractivity contribution in [3.8, 4) is 11.3 Å². The number of allylic oxidation sites excluding steroid dienone is 1. The number of imidazole rings is 1. The number of aromatic nitrogens is 2. The van der Waals surface area contributed by atoms with Gasteiger partial charge in [0, 0.05) is 19.1 Å². The highest BCUT2D eigenvalue weighted by Gasteiger charge is 2.38. The van der Waals surface area contributed by atoms with Gasteiger partial charge in [0.05, 0.1) is 17.9 Å². The van der Waals surface area contributed by atoms with E-state index in [1.54, 1.807) is 9.80 Å². The maximum absolute atomic E-state index is 13.1. The van der Waals surface area contributed by atoms with Crippen LogP contribution in [0.5, 0.6) is 0 Å². The minimum absolute atomic E-state index is 0.0471. The van der Waals surface area contributed by atoms with Crippen LogP contribution in [0.1, 0.15) is 104 Å². The number of ether oxygens (including phenoxy) is 2. The van der Waals surface area contributed by atoms with Crippen LogP contribution in [0.25, 0.3) is 16.8 Å². The van der Waals surface area contributed by atoms with Crippen LogP contribution in [0.4, 0.5) is 9.59 Å². The Kier molecular flexibility index (Phi) is 9.09. The standard InChI is InChI=1S/C34H47N5O5/c1-33(2,3)43-31(41)38-19-7-9-27(38)29-35-21-26(37-29)24-13-11-22(12-14-24)23-15-17-25(18-16-23)36-30(40)28-10-8-20-39(28)32(42)44-34(4,5)6/h11-15,21,25,27-28H,7-10,16-20H2,1-6H3,(H,35,37)(H,36,40)/t25?,27-,28-/m0/s1. The molecular weight excluding hydrogens is 558 g/mol. The van der Waals surface area contributed by atoms with Crippen molar-refractivity contribution >= 4 is 23.7 Å². The molecule has 10 nitrogen and oxygen atoms in total. The molecule has 2 saturated heterocycles. The second kappa shape index (κ2) is 12.7. The van der Waals surface area contributed by atoms with Gasteiger partial charge in [0.1, 0.15) is 23.1 Å². The number of amides is 3. The number of carbonyl (C=O) groups is 3. The number of rotatable bonds is 5.